The molecule has 0 aromatic heterocycles. The molecule has 1 heterocycles. The van der Waals surface area contributed by atoms with Crippen LogP contribution in [0, 0.1) is 0 Å². The van der Waals surface area contributed by atoms with Crippen molar-refractivity contribution >= 4 is 0 Å². The molecule has 0 aliphatic carbocycles. The van der Waals surface area contributed by atoms with Crippen molar-refractivity contribution in [3.63, 3.8) is 0 Å². The molecule has 1 aliphatic heterocycles. The maximum absolute atomic E-state index is 9.67. The molecule has 1 aromatic rings. The van der Waals surface area contributed by atoms with Gasteiger partial charge in [0.05, 0.1) is 5.60 Å². The lowest BCUT2D eigenvalue weighted by Gasteiger charge is -2.41. The van der Waals surface area contributed by atoms with Crippen LogP contribution in [0.3, 0.4) is 0 Å². The van der Waals surface area contributed by atoms with Gasteiger partial charge in [-0.2, -0.15) is 0 Å². The van der Waals surface area contributed by atoms with Crippen LogP contribution in [0.4, 0.5) is 0 Å². The summed E-state index contributed by atoms with van der Waals surface area (Å²) < 4.78 is 5.39. The van der Waals surface area contributed by atoms with Crippen molar-refractivity contribution in [2.24, 2.45) is 0 Å². The minimum Gasteiger partial charge on any atom is -0.504 e. The van der Waals surface area contributed by atoms with Crippen molar-refractivity contribution in [1.82, 2.24) is 5.32 Å². The molecule has 1 saturated heterocycles. The molecule has 0 saturated carbocycles. The van der Waals surface area contributed by atoms with Gasteiger partial charge in [-0.3, -0.25) is 0 Å². The lowest BCUT2D eigenvalue weighted by molar-refractivity contribution is -0.0505. The zero-order valence-electron chi connectivity index (χ0n) is 9.03. The standard InChI is InChI=1S/C11H15NO4/c1-16-11(5-12-6-11)4-7-2-3-8(13)10(15)9(7)14/h2-3,12-15H,4-6H2,1H3. The summed E-state index contributed by atoms with van der Waals surface area (Å²) in [7, 11) is 1.62. The third kappa shape index (κ3) is 1.68. The van der Waals surface area contributed by atoms with Crippen molar-refractivity contribution in [3.05, 3.63) is 17.7 Å². The Kier molecular flexibility index (Phi) is 2.65. The van der Waals surface area contributed by atoms with E-state index in [-0.39, 0.29) is 17.1 Å². The summed E-state index contributed by atoms with van der Waals surface area (Å²) in [6.07, 6.45) is 0.496. The normalized spacial score (nSPS) is 18.1. The summed E-state index contributed by atoms with van der Waals surface area (Å²) in [6.45, 7) is 1.43. The van der Waals surface area contributed by atoms with Crippen LogP contribution < -0.4 is 5.32 Å². The molecule has 0 atom stereocenters. The van der Waals surface area contributed by atoms with Crippen LogP contribution in [0.5, 0.6) is 17.2 Å². The third-order valence-corrected chi connectivity index (χ3v) is 3.05. The molecule has 0 amide bonds. The highest BCUT2D eigenvalue weighted by Gasteiger charge is 2.37. The van der Waals surface area contributed by atoms with E-state index in [9.17, 15) is 15.3 Å². The van der Waals surface area contributed by atoms with Crippen LogP contribution in [0.25, 0.3) is 0 Å². The van der Waals surface area contributed by atoms with Gasteiger partial charge in [-0.1, -0.05) is 6.07 Å². The smallest absolute Gasteiger partial charge is 0.200 e. The average molecular weight is 225 g/mol. The van der Waals surface area contributed by atoms with E-state index in [1.807, 2.05) is 0 Å². The van der Waals surface area contributed by atoms with Gasteiger partial charge in [0, 0.05) is 32.2 Å². The van der Waals surface area contributed by atoms with E-state index >= 15 is 0 Å². The van der Waals surface area contributed by atoms with Crippen LogP contribution in [0.2, 0.25) is 0 Å². The van der Waals surface area contributed by atoms with Crippen molar-refractivity contribution < 1.29 is 20.1 Å². The van der Waals surface area contributed by atoms with Gasteiger partial charge in [-0.15, -0.1) is 0 Å². The van der Waals surface area contributed by atoms with Gasteiger partial charge >= 0.3 is 0 Å². The largest absolute Gasteiger partial charge is 0.504 e. The van der Waals surface area contributed by atoms with Crippen molar-refractivity contribution in [1.29, 1.82) is 0 Å². The summed E-state index contributed by atoms with van der Waals surface area (Å²) in [5.41, 5.74) is 0.250. The van der Waals surface area contributed by atoms with Crippen LogP contribution in [-0.2, 0) is 11.2 Å². The number of ether oxygens (including phenoxy) is 1. The zero-order chi connectivity index (χ0) is 11.8. The van der Waals surface area contributed by atoms with Crippen LogP contribution in [0.15, 0.2) is 12.1 Å². The predicted molar refractivity (Wildman–Crippen MR) is 57.8 cm³/mol. The number of methoxy groups -OCH3 is 1. The van der Waals surface area contributed by atoms with Crippen molar-refractivity contribution in [3.8, 4) is 17.2 Å². The number of phenols is 3. The summed E-state index contributed by atoms with van der Waals surface area (Å²) in [5.74, 6) is -1.07. The highest BCUT2D eigenvalue weighted by Crippen LogP contribution is 2.39. The highest BCUT2D eigenvalue weighted by atomic mass is 16.5. The first-order chi connectivity index (χ1) is 7.58. The number of hydrogen-bond acceptors (Lipinski definition) is 5. The van der Waals surface area contributed by atoms with Gasteiger partial charge in [0.15, 0.2) is 11.5 Å². The monoisotopic (exact) mass is 225 g/mol. The lowest BCUT2D eigenvalue weighted by atomic mass is 9.88. The topological polar surface area (TPSA) is 82.0 Å². The molecule has 1 fully saturated rings. The summed E-state index contributed by atoms with van der Waals surface area (Å²) >= 11 is 0. The SMILES string of the molecule is COC1(Cc2ccc(O)c(O)c2O)CNC1. The second kappa shape index (κ2) is 3.84. The van der Waals surface area contributed by atoms with E-state index in [1.54, 1.807) is 13.2 Å². The fourth-order valence-electron chi connectivity index (χ4n) is 1.85. The van der Waals surface area contributed by atoms with E-state index < -0.39 is 5.75 Å². The molecule has 5 heteroatoms. The van der Waals surface area contributed by atoms with Crippen LogP contribution in [0.1, 0.15) is 5.56 Å². The minimum atomic E-state index is -0.476. The van der Waals surface area contributed by atoms with E-state index in [0.29, 0.717) is 25.1 Å². The first-order valence-corrected chi connectivity index (χ1v) is 5.07. The van der Waals surface area contributed by atoms with E-state index in [2.05, 4.69) is 5.32 Å². The quantitative estimate of drug-likeness (QED) is 0.557. The van der Waals surface area contributed by atoms with Gasteiger partial charge in [-0.05, 0) is 6.07 Å². The first-order valence-electron chi connectivity index (χ1n) is 5.07. The molecule has 16 heavy (non-hydrogen) atoms. The van der Waals surface area contributed by atoms with Gasteiger partial charge < -0.3 is 25.4 Å². The molecule has 2 rings (SSSR count). The fourth-order valence-corrected chi connectivity index (χ4v) is 1.85. The average Bonchev–Trinajstić information content (AvgIpc) is 2.23. The maximum atomic E-state index is 9.67. The molecule has 88 valence electrons. The number of rotatable bonds is 3. The lowest BCUT2D eigenvalue weighted by Crippen LogP contribution is -2.61. The van der Waals surface area contributed by atoms with Gasteiger partial charge in [-0.25, -0.2) is 0 Å². The molecule has 5 nitrogen and oxygen atoms in total. The van der Waals surface area contributed by atoms with Crippen LogP contribution in [-0.4, -0.2) is 41.1 Å². The molecule has 1 aromatic carbocycles. The Bertz CT molecular complexity index is 396. The maximum Gasteiger partial charge on any atom is 0.200 e. The Labute approximate surface area is 93.3 Å². The molecule has 0 radical (unpaired) electrons. The Morgan fingerprint density at radius 2 is 1.94 bits per heavy atom. The summed E-state index contributed by atoms with van der Waals surface area (Å²) in [6, 6.07) is 2.95. The highest BCUT2D eigenvalue weighted by molar-refractivity contribution is 5.53. The van der Waals surface area contributed by atoms with Crippen LogP contribution >= 0.6 is 0 Å². The first kappa shape index (κ1) is 11.0. The summed E-state index contributed by atoms with van der Waals surface area (Å²) in [4.78, 5) is 0. The van der Waals surface area contributed by atoms with E-state index in [4.69, 9.17) is 4.74 Å². The van der Waals surface area contributed by atoms with E-state index in [1.165, 1.54) is 6.07 Å². The van der Waals surface area contributed by atoms with Crippen molar-refractivity contribution in [2.45, 2.75) is 12.0 Å². The fraction of sp³-hybridized carbons (Fsp3) is 0.455. The van der Waals surface area contributed by atoms with Crippen molar-refractivity contribution in [2.75, 3.05) is 20.2 Å². The predicted octanol–water partition coefficient (Wildman–Crippen LogP) is 0.334. The molecule has 0 bridgehead atoms. The number of hydrogen-bond donors (Lipinski definition) is 4. The molecule has 0 unspecified atom stereocenters. The Hall–Kier alpha value is -1.46. The second-order valence-electron chi connectivity index (χ2n) is 4.11. The zero-order valence-corrected chi connectivity index (χ0v) is 9.03. The number of phenolic OH excluding ortho intramolecular Hbond substituents is 3. The second-order valence-corrected chi connectivity index (χ2v) is 4.11. The minimum absolute atomic E-state index is 0.275. The molecular formula is C11H15NO4. The van der Waals surface area contributed by atoms with Gasteiger partial charge in [0.1, 0.15) is 0 Å². The van der Waals surface area contributed by atoms with E-state index in [0.717, 1.165) is 0 Å². The molecule has 1 aliphatic rings. The third-order valence-electron chi connectivity index (χ3n) is 3.05. The summed E-state index contributed by atoms with van der Waals surface area (Å²) in [5, 5.41) is 31.4. The molecule has 4 N–H and O–H groups in total. The molecular weight excluding hydrogens is 210 g/mol. The Morgan fingerprint density at radius 1 is 1.25 bits per heavy atom. The number of aromatic hydroxyl groups is 3. The Balaban J connectivity index is 2.25. The van der Waals surface area contributed by atoms with Gasteiger partial charge in [0.2, 0.25) is 5.75 Å². The number of nitrogens with one attached hydrogen (secondary N) is 1. The number of benzene rings is 1. The molecule has 0 spiro atoms. The Morgan fingerprint density at radius 3 is 2.44 bits per heavy atom. The van der Waals surface area contributed by atoms with Gasteiger partial charge in [0.25, 0.3) is 0 Å².